The van der Waals surface area contributed by atoms with Crippen LogP contribution in [0, 0.1) is 16.7 Å². The van der Waals surface area contributed by atoms with Crippen LogP contribution in [0.4, 0.5) is 0 Å². The molecule has 2 N–H and O–H groups in total. The standard InChI is InChI=1S/C14H21N3O2/c1-18-11-8-13(15)17(9-12(11)19-2)14(16)10-6-4-3-5-7-10/h8-10,15-16H,3-7H2,1-2H3. The summed E-state index contributed by atoms with van der Waals surface area (Å²) in [6, 6.07) is 1.59. The van der Waals surface area contributed by atoms with E-state index in [0.29, 0.717) is 17.3 Å². The molecule has 1 aromatic heterocycles. The van der Waals surface area contributed by atoms with Crippen LogP contribution in [0.1, 0.15) is 32.1 Å². The number of hydrogen-bond donors (Lipinski definition) is 2. The molecule has 19 heavy (non-hydrogen) atoms. The lowest BCUT2D eigenvalue weighted by molar-refractivity contribution is 0.350. The van der Waals surface area contributed by atoms with Crippen LogP contribution < -0.4 is 15.0 Å². The second-order valence-corrected chi connectivity index (χ2v) is 4.89. The van der Waals surface area contributed by atoms with Gasteiger partial charge in [-0.1, -0.05) is 19.3 Å². The number of pyridine rings is 1. The van der Waals surface area contributed by atoms with Crippen LogP contribution in [-0.2, 0) is 0 Å². The lowest BCUT2D eigenvalue weighted by Crippen LogP contribution is -2.32. The highest BCUT2D eigenvalue weighted by Crippen LogP contribution is 2.27. The average molecular weight is 263 g/mol. The lowest BCUT2D eigenvalue weighted by Gasteiger charge is -2.24. The fourth-order valence-corrected chi connectivity index (χ4v) is 2.60. The van der Waals surface area contributed by atoms with Crippen molar-refractivity contribution in [1.82, 2.24) is 4.57 Å². The van der Waals surface area contributed by atoms with Crippen LogP contribution in [0.15, 0.2) is 12.3 Å². The number of methoxy groups -OCH3 is 2. The summed E-state index contributed by atoms with van der Waals surface area (Å²) in [5, 5.41) is 16.3. The monoisotopic (exact) mass is 263 g/mol. The van der Waals surface area contributed by atoms with Crippen LogP contribution >= 0.6 is 0 Å². The van der Waals surface area contributed by atoms with E-state index in [9.17, 15) is 0 Å². The summed E-state index contributed by atoms with van der Waals surface area (Å²) in [6.45, 7) is 0. The summed E-state index contributed by atoms with van der Waals surface area (Å²) >= 11 is 0. The molecule has 0 bridgehead atoms. The van der Waals surface area contributed by atoms with Gasteiger partial charge in [-0.3, -0.25) is 15.4 Å². The van der Waals surface area contributed by atoms with Crippen LogP contribution in [0.5, 0.6) is 11.5 Å². The van der Waals surface area contributed by atoms with Crippen molar-refractivity contribution >= 4 is 5.84 Å². The van der Waals surface area contributed by atoms with Gasteiger partial charge in [-0.05, 0) is 12.8 Å². The van der Waals surface area contributed by atoms with Crippen molar-refractivity contribution in [1.29, 1.82) is 10.8 Å². The molecule has 1 saturated carbocycles. The Balaban J connectivity index is 2.33. The molecule has 0 saturated heterocycles. The molecule has 0 aromatic carbocycles. The SMILES string of the molecule is COc1cc(=N)n(C(=N)C2CCCCC2)cc1OC. The Bertz CT molecular complexity index is 516. The van der Waals surface area contributed by atoms with Crippen molar-refractivity contribution < 1.29 is 9.47 Å². The van der Waals surface area contributed by atoms with Gasteiger partial charge in [-0.25, -0.2) is 0 Å². The van der Waals surface area contributed by atoms with Gasteiger partial charge >= 0.3 is 0 Å². The molecule has 0 atom stereocenters. The van der Waals surface area contributed by atoms with Crippen LogP contribution in [0.2, 0.25) is 0 Å². The van der Waals surface area contributed by atoms with Crippen molar-refractivity contribution in [3.63, 3.8) is 0 Å². The molecule has 0 aliphatic heterocycles. The van der Waals surface area contributed by atoms with E-state index in [2.05, 4.69) is 0 Å². The zero-order valence-electron chi connectivity index (χ0n) is 11.5. The summed E-state index contributed by atoms with van der Waals surface area (Å²) < 4.78 is 12.0. The predicted molar refractivity (Wildman–Crippen MR) is 73.1 cm³/mol. The first kappa shape index (κ1) is 13.6. The number of rotatable bonds is 3. The Kier molecular flexibility index (Phi) is 4.24. The quantitative estimate of drug-likeness (QED) is 0.649. The van der Waals surface area contributed by atoms with Gasteiger partial charge in [0.05, 0.1) is 20.4 Å². The first-order chi connectivity index (χ1) is 9.17. The molecule has 0 spiro atoms. The normalized spacial score (nSPS) is 16.1. The zero-order chi connectivity index (χ0) is 13.8. The molecule has 0 amide bonds. The maximum absolute atomic E-state index is 8.31. The third-order valence-electron chi connectivity index (χ3n) is 3.71. The minimum absolute atomic E-state index is 0.251. The fourth-order valence-electron chi connectivity index (χ4n) is 2.60. The molecule has 0 unspecified atom stereocenters. The number of ether oxygens (including phenoxy) is 2. The van der Waals surface area contributed by atoms with E-state index in [1.165, 1.54) is 19.3 Å². The van der Waals surface area contributed by atoms with E-state index < -0.39 is 0 Å². The second-order valence-electron chi connectivity index (χ2n) is 4.89. The minimum Gasteiger partial charge on any atom is -0.493 e. The van der Waals surface area contributed by atoms with E-state index in [-0.39, 0.29) is 11.4 Å². The van der Waals surface area contributed by atoms with Gasteiger partial charge in [0.25, 0.3) is 0 Å². The van der Waals surface area contributed by atoms with Gasteiger partial charge in [0.15, 0.2) is 11.5 Å². The highest BCUT2D eigenvalue weighted by Gasteiger charge is 2.20. The first-order valence-corrected chi connectivity index (χ1v) is 6.65. The molecule has 1 aliphatic carbocycles. The molecule has 104 valence electrons. The second kappa shape index (κ2) is 5.91. The van der Waals surface area contributed by atoms with Crippen molar-refractivity contribution in [3.8, 4) is 11.5 Å². The molecule has 2 rings (SSSR count). The highest BCUT2D eigenvalue weighted by atomic mass is 16.5. The fraction of sp³-hybridized carbons (Fsp3) is 0.571. The van der Waals surface area contributed by atoms with E-state index in [4.69, 9.17) is 20.3 Å². The smallest absolute Gasteiger partial charge is 0.177 e. The van der Waals surface area contributed by atoms with E-state index in [1.54, 1.807) is 31.0 Å². The molecule has 1 fully saturated rings. The molecule has 0 radical (unpaired) electrons. The van der Waals surface area contributed by atoms with Crippen molar-refractivity contribution in [2.75, 3.05) is 14.2 Å². The van der Waals surface area contributed by atoms with Gasteiger partial charge in [0.2, 0.25) is 0 Å². The third kappa shape index (κ3) is 2.80. The van der Waals surface area contributed by atoms with Crippen molar-refractivity contribution in [2.45, 2.75) is 32.1 Å². The Hall–Kier alpha value is -1.78. The summed E-state index contributed by atoms with van der Waals surface area (Å²) in [5.41, 5.74) is 0.258. The highest BCUT2D eigenvalue weighted by molar-refractivity contribution is 5.84. The van der Waals surface area contributed by atoms with Gasteiger partial charge in [-0.15, -0.1) is 0 Å². The zero-order valence-corrected chi connectivity index (χ0v) is 11.5. The lowest BCUT2D eigenvalue weighted by atomic mass is 9.88. The van der Waals surface area contributed by atoms with Crippen LogP contribution in [0.25, 0.3) is 0 Å². The van der Waals surface area contributed by atoms with Gasteiger partial charge in [0, 0.05) is 12.0 Å². The number of nitrogens with zero attached hydrogens (tertiary/aromatic N) is 1. The van der Waals surface area contributed by atoms with E-state index in [0.717, 1.165) is 12.8 Å². The van der Waals surface area contributed by atoms with Crippen molar-refractivity contribution in [3.05, 3.63) is 17.8 Å². The minimum atomic E-state index is 0.251. The number of aromatic nitrogens is 1. The molecular weight excluding hydrogens is 242 g/mol. The summed E-state index contributed by atoms with van der Waals surface area (Å²) in [7, 11) is 3.12. The Morgan fingerprint density at radius 3 is 2.37 bits per heavy atom. The Morgan fingerprint density at radius 2 is 1.79 bits per heavy atom. The Labute approximate surface area is 113 Å². The molecule has 1 heterocycles. The topological polar surface area (TPSA) is 71.1 Å². The van der Waals surface area contributed by atoms with E-state index >= 15 is 0 Å². The molecular formula is C14H21N3O2. The Morgan fingerprint density at radius 1 is 1.16 bits per heavy atom. The molecule has 5 heteroatoms. The average Bonchev–Trinajstić information content (AvgIpc) is 2.47. The maximum Gasteiger partial charge on any atom is 0.177 e. The van der Waals surface area contributed by atoms with Gasteiger partial charge in [-0.2, -0.15) is 0 Å². The van der Waals surface area contributed by atoms with E-state index in [1.807, 2.05) is 0 Å². The summed E-state index contributed by atoms with van der Waals surface area (Å²) in [6.07, 6.45) is 7.37. The van der Waals surface area contributed by atoms with Gasteiger partial charge < -0.3 is 9.47 Å². The third-order valence-corrected chi connectivity index (χ3v) is 3.71. The molecule has 1 aromatic rings. The summed E-state index contributed by atoms with van der Waals surface area (Å²) in [5.74, 6) is 1.82. The number of nitrogens with one attached hydrogen (secondary N) is 2. The summed E-state index contributed by atoms with van der Waals surface area (Å²) in [4.78, 5) is 0. The molecule has 1 aliphatic rings. The van der Waals surface area contributed by atoms with Crippen LogP contribution in [-0.4, -0.2) is 24.6 Å². The maximum atomic E-state index is 8.31. The number of hydrogen-bond acceptors (Lipinski definition) is 4. The van der Waals surface area contributed by atoms with Crippen molar-refractivity contribution in [2.24, 2.45) is 5.92 Å². The first-order valence-electron chi connectivity index (χ1n) is 6.65. The molecule has 5 nitrogen and oxygen atoms in total. The largest absolute Gasteiger partial charge is 0.493 e. The van der Waals surface area contributed by atoms with Crippen LogP contribution in [0.3, 0.4) is 0 Å². The predicted octanol–water partition coefficient (Wildman–Crippen LogP) is 2.39. The van der Waals surface area contributed by atoms with Gasteiger partial charge in [0.1, 0.15) is 11.3 Å².